The van der Waals surface area contributed by atoms with Gasteiger partial charge in [-0.25, -0.2) is 13.1 Å². The Bertz CT molecular complexity index is 522. The van der Waals surface area contributed by atoms with E-state index in [9.17, 15) is 13.2 Å². The van der Waals surface area contributed by atoms with E-state index >= 15 is 0 Å². The molecule has 0 aromatic heterocycles. The third-order valence-electron chi connectivity index (χ3n) is 1.73. The standard InChI is InChI=1S/C10H10ClNO4S/c11-9-3-1-8(2-4-9)5-6-17(15,16)12-7-10(13)14/h1-6,12H,7H2,(H,13,14)/b6-5+. The second-order valence-corrected chi connectivity index (χ2v) is 5.20. The summed E-state index contributed by atoms with van der Waals surface area (Å²) in [5, 5.41) is 9.78. The maximum atomic E-state index is 11.3. The van der Waals surface area contributed by atoms with E-state index in [1.807, 2.05) is 4.72 Å². The number of halogens is 1. The van der Waals surface area contributed by atoms with Gasteiger partial charge in [0.25, 0.3) is 0 Å². The molecule has 0 unspecified atom stereocenters. The van der Waals surface area contributed by atoms with Gasteiger partial charge in [-0.05, 0) is 23.8 Å². The number of aliphatic carboxylic acids is 1. The molecule has 1 aromatic rings. The van der Waals surface area contributed by atoms with Crippen LogP contribution in [0, 0.1) is 0 Å². The van der Waals surface area contributed by atoms with Gasteiger partial charge < -0.3 is 5.11 Å². The zero-order valence-corrected chi connectivity index (χ0v) is 10.2. The first kappa shape index (κ1) is 13.7. The van der Waals surface area contributed by atoms with Crippen molar-refractivity contribution >= 4 is 33.7 Å². The molecule has 92 valence electrons. The number of hydrogen-bond acceptors (Lipinski definition) is 3. The van der Waals surface area contributed by atoms with Crippen LogP contribution in [-0.4, -0.2) is 26.0 Å². The molecule has 0 aliphatic heterocycles. The molecule has 0 aliphatic rings. The molecule has 7 heteroatoms. The van der Waals surface area contributed by atoms with Gasteiger partial charge in [0.2, 0.25) is 10.0 Å². The fourth-order valence-electron chi connectivity index (χ4n) is 0.952. The lowest BCUT2D eigenvalue weighted by molar-refractivity contribution is -0.135. The molecule has 0 radical (unpaired) electrons. The van der Waals surface area contributed by atoms with Crippen LogP contribution in [0.3, 0.4) is 0 Å². The minimum atomic E-state index is -3.73. The number of sulfonamides is 1. The second kappa shape index (κ2) is 5.81. The Hall–Kier alpha value is -1.37. The van der Waals surface area contributed by atoms with Crippen molar-refractivity contribution in [2.24, 2.45) is 0 Å². The highest BCUT2D eigenvalue weighted by molar-refractivity contribution is 7.92. The quantitative estimate of drug-likeness (QED) is 0.849. The molecular weight excluding hydrogens is 266 g/mol. The molecule has 5 nitrogen and oxygen atoms in total. The lowest BCUT2D eigenvalue weighted by Crippen LogP contribution is -2.27. The predicted molar refractivity (Wildman–Crippen MR) is 65.0 cm³/mol. The summed E-state index contributed by atoms with van der Waals surface area (Å²) in [6, 6.07) is 6.54. The summed E-state index contributed by atoms with van der Waals surface area (Å²) >= 11 is 5.67. The number of rotatable bonds is 5. The van der Waals surface area contributed by atoms with Gasteiger partial charge in [-0.15, -0.1) is 0 Å². The number of carboxylic acid groups (broad SMARTS) is 1. The highest BCUT2D eigenvalue weighted by Crippen LogP contribution is 2.10. The SMILES string of the molecule is O=C(O)CNS(=O)(=O)/C=C/c1ccc(Cl)cc1. The van der Waals surface area contributed by atoms with Crippen LogP contribution in [0.25, 0.3) is 6.08 Å². The van der Waals surface area contributed by atoms with Gasteiger partial charge in [-0.1, -0.05) is 23.7 Å². The third-order valence-corrected chi connectivity index (χ3v) is 3.03. The summed E-state index contributed by atoms with van der Waals surface area (Å²) in [4.78, 5) is 10.2. The molecule has 0 bridgehead atoms. The maximum Gasteiger partial charge on any atom is 0.318 e. The van der Waals surface area contributed by atoms with Gasteiger partial charge in [0.1, 0.15) is 6.54 Å². The van der Waals surface area contributed by atoms with Gasteiger partial charge >= 0.3 is 5.97 Å². The molecule has 0 heterocycles. The number of hydrogen-bond donors (Lipinski definition) is 2. The van der Waals surface area contributed by atoms with E-state index in [-0.39, 0.29) is 0 Å². The average Bonchev–Trinajstić information content (AvgIpc) is 2.26. The Morgan fingerprint density at radius 3 is 2.47 bits per heavy atom. The molecular formula is C10H10ClNO4S. The van der Waals surface area contributed by atoms with Crippen molar-refractivity contribution in [2.45, 2.75) is 0 Å². The second-order valence-electron chi connectivity index (χ2n) is 3.11. The molecule has 0 aliphatic carbocycles. The van der Waals surface area contributed by atoms with E-state index in [2.05, 4.69) is 0 Å². The molecule has 17 heavy (non-hydrogen) atoms. The van der Waals surface area contributed by atoms with E-state index < -0.39 is 22.5 Å². The zero-order valence-electron chi connectivity index (χ0n) is 8.63. The monoisotopic (exact) mass is 275 g/mol. The Morgan fingerprint density at radius 2 is 1.94 bits per heavy atom. The lowest BCUT2D eigenvalue weighted by atomic mass is 10.2. The van der Waals surface area contributed by atoms with E-state index in [1.54, 1.807) is 24.3 Å². The normalized spacial score (nSPS) is 11.8. The minimum Gasteiger partial charge on any atom is -0.480 e. The molecule has 1 rings (SSSR count). The fourth-order valence-corrected chi connectivity index (χ4v) is 1.84. The van der Waals surface area contributed by atoms with E-state index in [0.717, 1.165) is 5.41 Å². The Morgan fingerprint density at radius 1 is 1.35 bits per heavy atom. The highest BCUT2D eigenvalue weighted by Gasteiger charge is 2.06. The summed E-state index contributed by atoms with van der Waals surface area (Å²) in [7, 11) is -3.73. The molecule has 0 saturated heterocycles. The van der Waals surface area contributed by atoms with Gasteiger partial charge in [0.15, 0.2) is 0 Å². The summed E-state index contributed by atoms with van der Waals surface area (Å²) < 4.78 is 24.5. The topological polar surface area (TPSA) is 83.5 Å². The van der Waals surface area contributed by atoms with Crippen molar-refractivity contribution in [2.75, 3.05) is 6.54 Å². The van der Waals surface area contributed by atoms with Crippen LogP contribution in [-0.2, 0) is 14.8 Å². The van der Waals surface area contributed by atoms with Crippen molar-refractivity contribution in [1.29, 1.82) is 0 Å². The lowest BCUT2D eigenvalue weighted by Gasteiger charge is -1.98. The predicted octanol–water partition coefficient (Wildman–Crippen LogP) is 1.31. The van der Waals surface area contributed by atoms with Gasteiger partial charge in [-0.2, -0.15) is 0 Å². The van der Waals surface area contributed by atoms with Crippen LogP contribution < -0.4 is 4.72 Å². The molecule has 1 aromatic carbocycles. The molecule has 0 amide bonds. The maximum absolute atomic E-state index is 11.3. The van der Waals surface area contributed by atoms with Crippen molar-refractivity contribution < 1.29 is 18.3 Å². The van der Waals surface area contributed by atoms with Crippen LogP contribution in [0.1, 0.15) is 5.56 Å². The first-order valence-electron chi connectivity index (χ1n) is 4.54. The van der Waals surface area contributed by atoms with Crippen molar-refractivity contribution in [3.63, 3.8) is 0 Å². The van der Waals surface area contributed by atoms with Crippen LogP contribution in [0.5, 0.6) is 0 Å². The van der Waals surface area contributed by atoms with E-state index in [4.69, 9.17) is 16.7 Å². The summed E-state index contributed by atoms with van der Waals surface area (Å²) in [6.07, 6.45) is 1.35. The Labute approximate surface area is 104 Å². The highest BCUT2D eigenvalue weighted by atomic mass is 35.5. The largest absolute Gasteiger partial charge is 0.480 e. The van der Waals surface area contributed by atoms with Gasteiger partial charge in [0.05, 0.1) is 0 Å². The first-order valence-corrected chi connectivity index (χ1v) is 6.46. The van der Waals surface area contributed by atoms with E-state index in [0.29, 0.717) is 10.6 Å². The molecule has 0 atom stereocenters. The summed E-state index contributed by atoms with van der Waals surface area (Å²) in [6.45, 7) is -0.646. The van der Waals surface area contributed by atoms with Crippen molar-refractivity contribution in [3.05, 3.63) is 40.3 Å². The van der Waals surface area contributed by atoms with Crippen LogP contribution in [0.4, 0.5) is 0 Å². The van der Waals surface area contributed by atoms with Crippen LogP contribution in [0.2, 0.25) is 5.02 Å². The molecule has 0 fully saturated rings. The van der Waals surface area contributed by atoms with Gasteiger partial charge in [0, 0.05) is 10.4 Å². The third kappa shape index (κ3) is 5.48. The first-order chi connectivity index (χ1) is 7.89. The summed E-state index contributed by atoms with van der Waals surface area (Å²) in [5.41, 5.74) is 0.648. The molecule has 0 saturated carbocycles. The van der Waals surface area contributed by atoms with Crippen molar-refractivity contribution in [1.82, 2.24) is 4.72 Å². The fraction of sp³-hybridized carbons (Fsp3) is 0.100. The average molecular weight is 276 g/mol. The molecule has 0 spiro atoms. The zero-order chi connectivity index (χ0) is 12.9. The number of carbonyl (C=O) groups is 1. The smallest absolute Gasteiger partial charge is 0.318 e. The molecule has 2 N–H and O–H groups in total. The van der Waals surface area contributed by atoms with Gasteiger partial charge in [-0.3, -0.25) is 4.79 Å². The summed E-state index contributed by atoms with van der Waals surface area (Å²) in [5.74, 6) is -1.24. The number of carboxylic acids is 1. The van der Waals surface area contributed by atoms with E-state index in [1.165, 1.54) is 6.08 Å². The minimum absolute atomic E-state index is 0.550. The van der Waals surface area contributed by atoms with Crippen molar-refractivity contribution in [3.8, 4) is 0 Å². The Balaban J connectivity index is 2.70. The number of benzene rings is 1. The van der Waals surface area contributed by atoms with Crippen LogP contribution in [0.15, 0.2) is 29.7 Å². The Kier molecular flexibility index (Phi) is 4.68. The van der Waals surface area contributed by atoms with Crippen LogP contribution >= 0.6 is 11.6 Å². The number of nitrogens with one attached hydrogen (secondary N) is 1.